The van der Waals surface area contributed by atoms with Crippen LogP contribution in [0.15, 0.2) is 47.4 Å². The Morgan fingerprint density at radius 3 is 2.22 bits per heavy atom. The highest BCUT2D eigenvalue weighted by Crippen LogP contribution is 2.33. The van der Waals surface area contributed by atoms with E-state index in [0.717, 1.165) is 18.0 Å². The fourth-order valence-corrected chi connectivity index (χ4v) is 2.47. The van der Waals surface area contributed by atoms with Crippen LogP contribution in [0.25, 0.3) is 0 Å². The van der Waals surface area contributed by atoms with Crippen LogP contribution in [0.5, 0.6) is 0 Å². The second-order valence-corrected chi connectivity index (χ2v) is 5.35. The van der Waals surface area contributed by atoms with E-state index < -0.39 is 9.85 Å². The lowest BCUT2D eigenvalue weighted by Crippen LogP contribution is -1.96. The van der Waals surface area contributed by atoms with E-state index in [0.29, 0.717) is 11.3 Å². The predicted octanol–water partition coefficient (Wildman–Crippen LogP) is 3.82. The minimum absolute atomic E-state index is 0.0600. The van der Waals surface area contributed by atoms with Crippen molar-refractivity contribution in [3.63, 3.8) is 0 Å². The Balaban J connectivity index is 2.18. The topological polar surface area (TPSA) is 115 Å². The summed E-state index contributed by atoms with van der Waals surface area (Å²) < 4.78 is 2.90. The van der Waals surface area contributed by atoms with Crippen molar-refractivity contribution in [2.45, 2.75) is 11.8 Å². The summed E-state index contributed by atoms with van der Waals surface area (Å²) in [6.45, 7) is 1.46. The number of ketones is 1. The van der Waals surface area contributed by atoms with Gasteiger partial charge in [0.1, 0.15) is 4.90 Å². The van der Waals surface area contributed by atoms with Gasteiger partial charge in [0, 0.05) is 17.3 Å². The standard InChI is InChI=1S/C14H11N3O5S/c1-9(18)10-2-4-11(5-3-10)15-23-14-7-6-12(16(19)20)8-13(14)17(21)22/h2-8,15H,1H3. The first-order valence-electron chi connectivity index (χ1n) is 6.35. The Labute approximate surface area is 134 Å². The van der Waals surface area contributed by atoms with Gasteiger partial charge in [-0.25, -0.2) is 0 Å². The number of non-ortho nitro benzene ring substituents is 1. The van der Waals surface area contributed by atoms with Gasteiger partial charge < -0.3 is 4.72 Å². The van der Waals surface area contributed by atoms with Crippen LogP contribution in [0.2, 0.25) is 0 Å². The van der Waals surface area contributed by atoms with Crippen molar-refractivity contribution in [1.82, 2.24) is 0 Å². The molecular weight excluding hydrogens is 322 g/mol. The number of nitro groups is 2. The van der Waals surface area contributed by atoms with Gasteiger partial charge in [0.05, 0.1) is 15.9 Å². The average Bonchev–Trinajstić information content (AvgIpc) is 2.52. The number of rotatable bonds is 6. The molecule has 0 amide bonds. The van der Waals surface area contributed by atoms with Gasteiger partial charge in [-0.05, 0) is 49.2 Å². The molecule has 9 heteroatoms. The number of hydrogen-bond donors (Lipinski definition) is 1. The number of hydrogen-bond acceptors (Lipinski definition) is 7. The molecule has 0 aromatic heterocycles. The maximum absolute atomic E-state index is 11.2. The molecule has 0 saturated heterocycles. The van der Waals surface area contributed by atoms with E-state index in [1.54, 1.807) is 24.3 Å². The van der Waals surface area contributed by atoms with Gasteiger partial charge in [-0.3, -0.25) is 25.0 Å². The smallest absolute Gasteiger partial charge is 0.291 e. The monoisotopic (exact) mass is 333 g/mol. The van der Waals surface area contributed by atoms with Crippen molar-refractivity contribution in [3.05, 3.63) is 68.3 Å². The Kier molecular flexibility index (Phi) is 4.91. The molecule has 0 unspecified atom stereocenters. The first kappa shape index (κ1) is 16.4. The Hall–Kier alpha value is -2.94. The van der Waals surface area contributed by atoms with Crippen LogP contribution in [0.1, 0.15) is 17.3 Å². The first-order valence-corrected chi connectivity index (χ1v) is 7.17. The Morgan fingerprint density at radius 1 is 1.04 bits per heavy atom. The molecule has 0 atom stereocenters. The van der Waals surface area contributed by atoms with Gasteiger partial charge in [0.15, 0.2) is 5.78 Å². The number of Topliss-reactive ketones (excluding diaryl/α,β-unsaturated/α-hetero) is 1. The molecule has 0 aliphatic heterocycles. The van der Waals surface area contributed by atoms with E-state index in [4.69, 9.17) is 0 Å². The number of anilines is 1. The maximum atomic E-state index is 11.2. The van der Waals surface area contributed by atoms with E-state index in [-0.39, 0.29) is 22.1 Å². The summed E-state index contributed by atoms with van der Waals surface area (Å²) in [4.78, 5) is 31.8. The minimum Gasteiger partial charge on any atom is -0.325 e. The van der Waals surface area contributed by atoms with E-state index in [2.05, 4.69) is 4.72 Å². The fourth-order valence-electron chi connectivity index (χ4n) is 1.74. The largest absolute Gasteiger partial charge is 0.325 e. The Morgan fingerprint density at radius 2 is 1.70 bits per heavy atom. The molecule has 23 heavy (non-hydrogen) atoms. The van der Waals surface area contributed by atoms with Crippen LogP contribution in [0, 0.1) is 20.2 Å². The number of carbonyl (C=O) groups is 1. The summed E-state index contributed by atoms with van der Waals surface area (Å²) in [6, 6.07) is 10.0. The summed E-state index contributed by atoms with van der Waals surface area (Å²) in [5.41, 5.74) is 0.512. The Bertz CT molecular complexity index is 776. The van der Waals surface area contributed by atoms with E-state index >= 15 is 0 Å². The lowest BCUT2D eigenvalue weighted by Gasteiger charge is -2.06. The molecule has 0 aliphatic rings. The van der Waals surface area contributed by atoms with Crippen LogP contribution >= 0.6 is 11.9 Å². The highest BCUT2D eigenvalue weighted by molar-refractivity contribution is 8.00. The predicted molar refractivity (Wildman–Crippen MR) is 85.7 cm³/mol. The van der Waals surface area contributed by atoms with Crippen molar-refractivity contribution in [2.24, 2.45) is 0 Å². The molecule has 0 fully saturated rings. The minimum atomic E-state index is -0.685. The zero-order valence-electron chi connectivity index (χ0n) is 11.9. The molecular formula is C14H11N3O5S. The second-order valence-electron chi connectivity index (χ2n) is 4.50. The van der Waals surface area contributed by atoms with Gasteiger partial charge in [0.2, 0.25) is 0 Å². The number of nitrogens with one attached hydrogen (secondary N) is 1. The number of nitrogens with zero attached hydrogens (tertiary/aromatic N) is 2. The summed E-state index contributed by atoms with van der Waals surface area (Å²) >= 11 is 0.964. The van der Waals surface area contributed by atoms with Crippen molar-refractivity contribution in [2.75, 3.05) is 4.72 Å². The number of benzene rings is 2. The maximum Gasteiger partial charge on any atom is 0.291 e. The highest BCUT2D eigenvalue weighted by Gasteiger charge is 2.19. The van der Waals surface area contributed by atoms with E-state index in [1.165, 1.54) is 19.1 Å². The first-order chi connectivity index (χ1) is 10.9. The van der Waals surface area contributed by atoms with Crippen molar-refractivity contribution >= 4 is 34.8 Å². The molecule has 0 aliphatic carbocycles. The lowest BCUT2D eigenvalue weighted by atomic mass is 10.1. The number of nitro benzene ring substituents is 2. The molecule has 0 spiro atoms. The third-order valence-corrected chi connectivity index (χ3v) is 3.82. The summed E-state index contributed by atoms with van der Waals surface area (Å²) in [6.07, 6.45) is 0. The molecule has 1 N–H and O–H groups in total. The lowest BCUT2D eigenvalue weighted by molar-refractivity contribution is -0.396. The van der Waals surface area contributed by atoms with Crippen molar-refractivity contribution in [3.8, 4) is 0 Å². The van der Waals surface area contributed by atoms with Crippen LogP contribution in [-0.2, 0) is 0 Å². The molecule has 2 aromatic carbocycles. The van der Waals surface area contributed by atoms with Crippen molar-refractivity contribution in [1.29, 1.82) is 0 Å². The van der Waals surface area contributed by atoms with Gasteiger partial charge in [0.25, 0.3) is 11.4 Å². The SMILES string of the molecule is CC(=O)c1ccc(NSc2ccc([N+](=O)[O-])cc2[N+](=O)[O-])cc1. The van der Waals surface area contributed by atoms with Crippen molar-refractivity contribution < 1.29 is 14.6 Å². The summed E-state index contributed by atoms with van der Waals surface area (Å²) in [5, 5.41) is 21.7. The molecule has 0 bridgehead atoms. The van der Waals surface area contributed by atoms with Crippen LogP contribution in [0.3, 0.4) is 0 Å². The van der Waals surface area contributed by atoms with E-state index in [1.807, 2.05) is 0 Å². The number of carbonyl (C=O) groups excluding carboxylic acids is 1. The van der Waals surface area contributed by atoms with Gasteiger partial charge in [-0.2, -0.15) is 0 Å². The van der Waals surface area contributed by atoms with Crippen LogP contribution in [-0.4, -0.2) is 15.6 Å². The van der Waals surface area contributed by atoms with Crippen LogP contribution < -0.4 is 4.72 Å². The second kappa shape index (κ2) is 6.88. The van der Waals surface area contributed by atoms with Crippen LogP contribution in [0.4, 0.5) is 17.1 Å². The molecule has 118 valence electrons. The third-order valence-electron chi connectivity index (χ3n) is 2.92. The summed E-state index contributed by atoms with van der Waals surface area (Å²) in [7, 11) is 0. The summed E-state index contributed by atoms with van der Waals surface area (Å²) in [5.74, 6) is -0.0600. The molecule has 0 heterocycles. The van der Waals surface area contributed by atoms with Gasteiger partial charge >= 0.3 is 0 Å². The van der Waals surface area contributed by atoms with E-state index in [9.17, 15) is 25.0 Å². The molecule has 8 nitrogen and oxygen atoms in total. The normalized spacial score (nSPS) is 10.1. The third kappa shape index (κ3) is 4.04. The average molecular weight is 333 g/mol. The molecule has 2 aromatic rings. The quantitative estimate of drug-likeness (QED) is 0.369. The zero-order valence-corrected chi connectivity index (χ0v) is 12.7. The zero-order chi connectivity index (χ0) is 17.0. The van der Waals surface area contributed by atoms with Gasteiger partial charge in [-0.1, -0.05) is 0 Å². The molecule has 0 saturated carbocycles. The molecule has 2 rings (SSSR count). The fraction of sp³-hybridized carbons (Fsp3) is 0.0714. The molecule has 0 radical (unpaired) electrons. The highest BCUT2D eigenvalue weighted by atomic mass is 32.2. The van der Waals surface area contributed by atoms with Gasteiger partial charge in [-0.15, -0.1) is 0 Å².